The topological polar surface area (TPSA) is 61.4 Å². The van der Waals surface area contributed by atoms with Crippen LogP contribution in [0.5, 0.6) is 0 Å². The van der Waals surface area contributed by atoms with Crippen molar-refractivity contribution in [2.45, 2.75) is 32.1 Å². The normalized spacial score (nSPS) is 14.2. The number of anilines is 2. The molecule has 0 saturated heterocycles. The predicted molar refractivity (Wildman–Crippen MR) is 117 cm³/mol. The Balaban J connectivity index is 1.62. The summed E-state index contributed by atoms with van der Waals surface area (Å²) in [4.78, 5) is 26.7. The van der Waals surface area contributed by atoms with Gasteiger partial charge in [0.15, 0.2) is 5.11 Å². The fourth-order valence-electron chi connectivity index (χ4n) is 3.43. The number of nitrogens with zero attached hydrogens (tertiary/aromatic N) is 1. The first-order chi connectivity index (χ1) is 13.5. The summed E-state index contributed by atoms with van der Waals surface area (Å²) in [7, 11) is 1.74. The molecule has 0 atom stereocenters. The van der Waals surface area contributed by atoms with Crippen molar-refractivity contribution >= 4 is 40.5 Å². The summed E-state index contributed by atoms with van der Waals surface area (Å²) in [6.07, 6.45) is 5.23. The standard InChI is InChI=1S/C22H25N3O2S/c1-25(19-13-6-3-7-14-19)21(27)17-11-8-12-18(15-17)23-22(28)24-20(26)16-9-4-2-5-10-16/h3,6-8,11-16H,2,4-5,9-10H2,1H3,(H2,23,24,26,28). The number of hydrogen-bond acceptors (Lipinski definition) is 3. The number of carbonyl (C=O) groups is 2. The average Bonchev–Trinajstić information content (AvgIpc) is 2.74. The summed E-state index contributed by atoms with van der Waals surface area (Å²) >= 11 is 5.28. The van der Waals surface area contributed by atoms with E-state index in [9.17, 15) is 9.59 Å². The molecule has 0 aliphatic heterocycles. The lowest BCUT2D eigenvalue weighted by atomic mass is 9.89. The molecule has 3 rings (SSSR count). The quantitative estimate of drug-likeness (QED) is 0.756. The zero-order valence-corrected chi connectivity index (χ0v) is 16.8. The van der Waals surface area contributed by atoms with E-state index in [1.54, 1.807) is 30.1 Å². The van der Waals surface area contributed by atoms with Gasteiger partial charge < -0.3 is 15.5 Å². The molecule has 6 heteroatoms. The van der Waals surface area contributed by atoms with Crippen LogP contribution in [0.4, 0.5) is 11.4 Å². The molecule has 2 aromatic rings. The van der Waals surface area contributed by atoms with E-state index in [4.69, 9.17) is 12.2 Å². The lowest BCUT2D eigenvalue weighted by molar-refractivity contribution is -0.124. The molecule has 5 nitrogen and oxygen atoms in total. The number of hydrogen-bond donors (Lipinski definition) is 2. The second-order valence-corrected chi connectivity index (χ2v) is 7.47. The van der Waals surface area contributed by atoms with Crippen molar-refractivity contribution in [3.05, 3.63) is 60.2 Å². The number of benzene rings is 2. The van der Waals surface area contributed by atoms with Gasteiger partial charge >= 0.3 is 0 Å². The molecule has 2 N–H and O–H groups in total. The number of para-hydroxylation sites is 1. The van der Waals surface area contributed by atoms with Crippen molar-refractivity contribution in [1.29, 1.82) is 0 Å². The average molecular weight is 396 g/mol. The highest BCUT2D eigenvalue weighted by atomic mass is 32.1. The first-order valence-electron chi connectivity index (χ1n) is 9.59. The SMILES string of the molecule is CN(C(=O)c1cccc(NC(=S)NC(=O)C2CCCCC2)c1)c1ccccc1. The first kappa shape index (κ1) is 20.0. The van der Waals surface area contributed by atoms with Crippen molar-refractivity contribution in [2.24, 2.45) is 5.92 Å². The smallest absolute Gasteiger partial charge is 0.258 e. The van der Waals surface area contributed by atoms with E-state index < -0.39 is 0 Å². The number of carbonyl (C=O) groups excluding carboxylic acids is 2. The molecule has 0 spiro atoms. The third-order valence-corrected chi connectivity index (χ3v) is 5.23. The van der Waals surface area contributed by atoms with E-state index in [2.05, 4.69) is 10.6 Å². The zero-order valence-electron chi connectivity index (χ0n) is 16.0. The molecule has 146 valence electrons. The molecule has 1 aliphatic carbocycles. The lowest BCUT2D eigenvalue weighted by Gasteiger charge is -2.21. The molecule has 0 heterocycles. The highest BCUT2D eigenvalue weighted by Gasteiger charge is 2.21. The summed E-state index contributed by atoms with van der Waals surface area (Å²) in [5, 5.41) is 6.06. The molecule has 0 unspecified atom stereocenters. The number of thiocarbonyl (C=S) groups is 1. The van der Waals surface area contributed by atoms with Crippen LogP contribution in [-0.2, 0) is 4.79 Å². The van der Waals surface area contributed by atoms with E-state index in [0.717, 1.165) is 31.4 Å². The van der Waals surface area contributed by atoms with E-state index in [1.807, 2.05) is 36.4 Å². The van der Waals surface area contributed by atoms with Crippen LogP contribution in [0, 0.1) is 5.92 Å². The fraction of sp³-hybridized carbons (Fsp3) is 0.318. The van der Waals surface area contributed by atoms with Crippen LogP contribution in [0.25, 0.3) is 0 Å². The van der Waals surface area contributed by atoms with Crippen molar-refractivity contribution in [2.75, 3.05) is 17.3 Å². The van der Waals surface area contributed by atoms with Gasteiger partial charge in [0.2, 0.25) is 5.91 Å². The van der Waals surface area contributed by atoms with E-state index in [0.29, 0.717) is 11.3 Å². The molecular formula is C22H25N3O2S. The summed E-state index contributed by atoms with van der Waals surface area (Å²) in [5.74, 6) is -0.0961. The zero-order chi connectivity index (χ0) is 19.9. The lowest BCUT2D eigenvalue weighted by Crippen LogP contribution is -2.39. The highest BCUT2D eigenvalue weighted by molar-refractivity contribution is 7.80. The Kier molecular flexibility index (Phi) is 6.76. The Morgan fingerprint density at radius 3 is 2.43 bits per heavy atom. The number of rotatable bonds is 4. The molecule has 2 amide bonds. The monoisotopic (exact) mass is 395 g/mol. The van der Waals surface area contributed by atoms with Gasteiger partial charge in [-0.25, -0.2) is 0 Å². The highest BCUT2D eigenvalue weighted by Crippen LogP contribution is 2.23. The molecule has 0 bridgehead atoms. The molecule has 1 saturated carbocycles. The third-order valence-electron chi connectivity index (χ3n) is 5.03. The molecule has 0 aromatic heterocycles. The van der Waals surface area contributed by atoms with Crippen molar-refractivity contribution in [1.82, 2.24) is 5.32 Å². The summed E-state index contributed by atoms with van der Waals surface area (Å²) < 4.78 is 0. The van der Waals surface area contributed by atoms with Crippen molar-refractivity contribution in [3.8, 4) is 0 Å². The third kappa shape index (κ3) is 5.16. The van der Waals surface area contributed by atoms with Crippen molar-refractivity contribution in [3.63, 3.8) is 0 Å². The fourth-order valence-corrected chi connectivity index (χ4v) is 3.65. The molecule has 28 heavy (non-hydrogen) atoms. The minimum atomic E-state index is -0.119. The van der Waals surface area contributed by atoms with Crippen LogP contribution in [-0.4, -0.2) is 24.0 Å². The van der Waals surface area contributed by atoms with Gasteiger partial charge in [-0.1, -0.05) is 43.5 Å². The van der Waals surface area contributed by atoms with Gasteiger partial charge in [0, 0.05) is 29.9 Å². The summed E-state index contributed by atoms with van der Waals surface area (Å²) in [6.45, 7) is 0. The minimum absolute atomic E-state index is 0.0201. The van der Waals surface area contributed by atoms with Gasteiger partial charge in [0.25, 0.3) is 5.91 Å². The van der Waals surface area contributed by atoms with Gasteiger partial charge in [0.05, 0.1) is 0 Å². The molecule has 2 aromatic carbocycles. The number of amides is 2. The minimum Gasteiger partial charge on any atom is -0.332 e. The van der Waals surface area contributed by atoms with Gasteiger partial charge in [-0.2, -0.15) is 0 Å². The van der Waals surface area contributed by atoms with Gasteiger partial charge in [0.1, 0.15) is 0 Å². The largest absolute Gasteiger partial charge is 0.332 e. The van der Waals surface area contributed by atoms with Crippen LogP contribution in [0.2, 0.25) is 0 Å². The maximum absolute atomic E-state index is 12.8. The summed E-state index contributed by atoms with van der Waals surface area (Å²) in [5.41, 5.74) is 2.03. The Morgan fingerprint density at radius 2 is 1.71 bits per heavy atom. The Hall–Kier alpha value is -2.73. The summed E-state index contributed by atoms with van der Waals surface area (Å²) in [6, 6.07) is 16.6. The molecule has 1 fully saturated rings. The Morgan fingerprint density at radius 1 is 1.00 bits per heavy atom. The Bertz CT molecular complexity index is 848. The van der Waals surface area contributed by atoms with E-state index in [1.165, 1.54) is 6.42 Å². The number of nitrogens with one attached hydrogen (secondary N) is 2. The molecule has 1 aliphatic rings. The van der Waals surface area contributed by atoms with E-state index >= 15 is 0 Å². The predicted octanol–water partition coefficient (Wildman–Crippen LogP) is 4.36. The second kappa shape index (κ2) is 9.46. The van der Waals surface area contributed by atoms with E-state index in [-0.39, 0.29) is 22.8 Å². The van der Waals surface area contributed by atoms with Crippen LogP contribution >= 0.6 is 12.2 Å². The maximum atomic E-state index is 12.8. The van der Waals surface area contributed by atoms with Crippen LogP contribution in [0.15, 0.2) is 54.6 Å². The van der Waals surface area contributed by atoms with Gasteiger partial charge in [-0.3, -0.25) is 9.59 Å². The van der Waals surface area contributed by atoms with Crippen LogP contribution in [0.1, 0.15) is 42.5 Å². The van der Waals surface area contributed by atoms with Gasteiger partial charge in [-0.05, 0) is 55.4 Å². The Labute approximate surface area is 171 Å². The molecule has 0 radical (unpaired) electrons. The first-order valence-corrected chi connectivity index (χ1v) is 10.0. The van der Waals surface area contributed by atoms with Gasteiger partial charge in [-0.15, -0.1) is 0 Å². The molecular weight excluding hydrogens is 370 g/mol. The van der Waals surface area contributed by atoms with Crippen molar-refractivity contribution < 1.29 is 9.59 Å². The van der Waals surface area contributed by atoms with Crippen LogP contribution < -0.4 is 15.5 Å². The van der Waals surface area contributed by atoms with Crippen LogP contribution in [0.3, 0.4) is 0 Å². The maximum Gasteiger partial charge on any atom is 0.258 e. The second-order valence-electron chi connectivity index (χ2n) is 7.06.